The van der Waals surface area contributed by atoms with Gasteiger partial charge in [-0.15, -0.1) is 11.3 Å². The van der Waals surface area contributed by atoms with Gasteiger partial charge in [0.25, 0.3) is 5.91 Å². The summed E-state index contributed by atoms with van der Waals surface area (Å²) in [6.45, 7) is 1.15. The van der Waals surface area contributed by atoms with Crippen molar-refractivity contribution in [1.29, 1.82) is 0 Å². The Balaban J connectivity index is 1.65. The first-order valence-electron chi connectivity index (χ1n) is 6.98. The number of hydrogen-bond donors (Lipinski definition) is 2. The summed E-state index contributed by atoms with van der Waals surface area (Å²) in [6.07, 6.45) is 0.849. The van der Waals surface area contributed by atoms with Crippen LogP contribution in [0.25, 0.3) is 0 Å². The topological polar surface area (TPSA) is 75.6 Å². The molecule has 0 radical (unpaired) electrons. The van der Waals surface area contributed by atoms with Gasteiger partial charge in [-0.1, -0.05) is 18.2 Å². The number of ether oxygens (including phenoxy) is 1. The van der Waals surface area contributed by atoms with Crippen LogP contribution in [-0.2, 0) is 0 Å². The number of carbonyl (C=O) groups is 2. The Bertz CT molecular complexity index is 710. The van der Waals surface area contributed by atoms with Crippen LogP contribution >= 0.6 is 11.3 Å². The number of amides is 1. The van der Waals surface area contributed by atoms with E-state index in [0.29, 0.717) is 18.0 Å². The lowest BCUT2D eigenvalue weighted by Gasteiger charge is -2.25. The third kappa shape index (κ3) is 2.96. The van der Waals surface area contributed by atoms with Crippen molar-refractivity contribution in [1.82, 2.24) is 5.32 Å². The highest BCUT2D eigenvalue weighted by Gasteiger charge is 2.22. The number of aromatic carboxylic acids is 1. The first kappa shape index (κ1) is 14.6. The van der Waals surface area contributed by atoms with Crippen LogP contribution in [0.15, 0.2) is 36.4 Å². The van der Waals surface area contributed by atoms with Crippen LogP contribution in [-0.4, -0.2) is 30.1 Å². The Hall–Kier alpha value is -2.34. The molecule has 1 aliphatic rings. The Morgan fingerprint density at radius 1 is 1.23 bits per heavy atom. The number of thiophene rings is 1. The minimum Gasteiger partial charge on any atom is -0.493 e. The second-order valence-corrected chi connectivity index (χ2v) is 6.13. The van der Waals surface area contributed by atoms with Crippen LogP contribution in [0, 0.1) is 0 Å². The largest absolute Gasteiger partial charge is 0.493 e. The maximum absolute atomic E-state index is 12.1. The molecule has 2 heterocycles. The number of carbonyl (C=O) groups excluding carboxylic acids is 1. The van der Waals surface area contributed by atoms with E-state index in [1.165, 1.54) is 6.07 Å². The maximum Gasteiger partial charge on any atom is 0.345 e. The summed E-state index contributed by atoms with van der Waals surface area (Å²) >= 11 is 0.985. The first-order valence-corrected chi connectivity index (χ1v) is 7.80. The fourth-order valence-corrected chi connectivity index (χ4v) is 3.27. The molecule has 0 fully saturated rings. The summed E-state index contributed by atoms with van der Waals surface area (Å²) in [7, 11) is 0. The zero-order valence-corrected chi connectivity index (χ0v) is 12.6. The molecule has 0 unspecified atom stereocenters. The first-order chi connectivity index (χ1) is 10.6. The molecule has 3 rings (SSSR count). The van der Waals surface area contributed by atoms with Crippen molar-refractivity contribution in [3.05, 3.63) is 51.7 Å². The highest BCUT2D eigenvalue weighted by molar-refractivity contribution is 7.15. The molecule has 0 saturated carbocycles. The summed E-state index contributed by atoms with van der Waals surface area (Å²) in [5.74, 6) is -0.158. The SMILES string of the molecule is O=C(O)c1ccc(C(=O)NC[C@H]2CCOc3ccccc32)s1. The minimum atomic E-state index is -1.01. The van der Waals surface area contributed by atoms with Crippen LogP contribution < -0.4 is 10.1 Å². The van der Waals surface area contributed by atoms with E-state index in [2.05, 4.69) is 5.32 Å². The molecule has 0 aliphatic carbocycles. The van der Waals surface area contributed by atoms with E-state index in [-0.39, 0.29) is 16.7 Å². The van der Waals surface area contributed by atoms with Gasteiger partial charge in [0, 0.05) is 12.5 Å². The van der Waals surface area contributed by atoms with Crippen molar-refractivity contribution in [2.45, 2.75) is 12.3 Å². The number of carboxylic acids is 1. The van der Waals surface area contributed by atoms with Crippen molar-refractivity contribution in [2.75, 3.05) is 13.2 Å². The number of rotatable bonds is 4. The number of fused-ring (bicyclic) bond motifs is 1. The summed E-state index contributed by atoms with van der Waals surface area (Å²) < 4.78 is 5.60. The molecule has 1 atom stereocenters. The van der Waals surface area contributed by atoms with Gasteiger partial charge in [0.15, 0.2) is 0 Å². The fourth-order valence-electron chi connectivity index (χ4n) is 2.51. The van der Waals surface area contributed by atoms with Crippen molar-refractivity contribution in [2.24, 2.45) is 0 Å². The predicted molar refractivity (Wildman–Crippen MR) is 82.9 cm³/mol. The van der Waals surface area contributed by atoms with Gasteiger partial charge in [0.1, 0.15) is 10.6 Å². The Morgan fingerprint density at radius 3 is 2.77 bits per heavy atom. The highest BCUT2D eigenvalue weighted by atomic mass is 32.1. The van der Waals surface area contributed by atoms with Crippen molar-refractivity contribution < 1.29 is 19.4 Å². The van der Waals surface area contributed by atoms with Gasteiger partial charge < -0.3 is 15.2 Å². The van der Waals surface area contributed by atoms with E-state index in [4.69, 9.17) is 9.84 Å². The lowest BCUT2D eigenvalue weighted by molar-refractivity contribution is 0.0702. The fraction of sp³-hybridized carbons (Fsp3) is 0.250. The third-order valence-corrected chi connectivity index (χ3v) is 4.70. The van der Waals surface area contributed by atoms with Gasteiger partial charge in [0.05, 0.1) is 11.5 Å². The lowest BCUT2D eigenvalue weighted by Crippen LogP contribution is -2.30. The van der Waals surface area contributed by atoms with Gasteiger partial charge >= 0.3 is 5.97 Å². The van der Waals surface area contributed by atoms with Crippen LogP contribution in [0.5, 0.6) is 5.75 Å². The quantitative estimate of drug-likeness (QED) is 0.909. The van der Waals surface area contributed by atoms with E-state index < -0.39 is 5.97 Å². The number of hydrogen-bond acceptors (Lipinski definition) is 4. The Kier molecular flexibility index (Phi) is 4.11. The highest BCUT2D eigenvalue weighted by Crippen LogP contribution is 2.32. The molecule has 1 aliphatic heterocycles. The molecule has 0 spiro atoms. The molecule has 0 saturated heterocycles. The van der Waals surface area contributed by atoms with E-state index in [9.17, 15) is 9.59 Å². The second kappa shape index (κ2) is 6.19. The molecular weight excluding hydrogens is 302 g/mol. The molecule has 2 N–H and O–H groups in total. The zero-order valence-electron chi connectivity index (χ0n) is 11.7. The summed E-state index contributed by atoms with van der Waals surface area (Å²) in [5.41, 5.74) is 1.10. The molecule has 5 nitrogen and oxygen atoms in total. The molecule has 6 heteroatoms. The average Bonchev–Trinajstić information content (AvgIpc) is 3.03. The number of para-hydroxylation sites is 1. The summed E-state index contributed by atoms with van der Waals surface area (Å²) in [4.78, 5) is 23.5. The molecule has 1 amide bonds. The zero-order chi connectivity index (χ0) is 15.5. The molecule has 1 aromatic heterocycles. The van der Waals surface area contributed by atoms with E-state index >= 15 is 0 Å². The molecule has 2 aromatic rings. The van der Waals surface area contributed by atoms with E-state index in [1.54, 1.807) is 6.07 Å². The average molecular weight is 317 g/mol. The Morgan fingerprint density at radius 2 is 2.00 bits per heavy atom. The smallest absolute Gasteiger partial charge is 0.345 e. The van der Waals surface area contributed by atoms with Crippen LogP contribution in [0.4, 0.5) is 0 Å². The molecule has 114 valence electrons. The molecule has 0 bridgehead atoms. The predicted octanol–water partition coefficient (Wildman–Crippen LogP) is 2.74. The van der Waals surface area contributed by atoms with Gasteiger partial charge in [-0.2, -0.15) is 0 Å². The summed E-state index contributed by atoms with van der Waals surface area (Å²) in [5, 5.41) is 11.8. The van der Waals surface area contributed by atoms with Gasteiger partial charge in [-0.3, -0.25) is 4.79 Å². The van der Waals surface area contributed by atoms with Crippen LogP contribution in [0.3, 0.4) is 0 Å². The van der Waals surface area contributed by atoms with Crippen molar-refractivity contribution >= 4 is 23.2 Å². The lowest BCUT2D eigenvalue weighted by atomic mass is 9.93. The van der Waals surface area contributed by atoms with Crippen molar-refractivity contribution in [3.8, 4) is 5.75 Å². The van der Waals surface area contributed by atoms with Crippen LogP contribution in [0.2, 0.25) is 0 Å². The van der Waals surface area contributed by atoms with Crippen molar-refractivity contribution in [3.63, 3.8) is 0 Å². The van der Waals surface area contributed by atoms with Gasteiger partial charge in [-0.25, -0.2) is 4.79 Å². The van der Waals surface area contributed by atoms with Gasteiger partial charge in [-0.05, 0) is 30.2 Å². The van der Waals surface area contributed by atoms with Crippen LogP contribution in [0.1, 0.15) is 37.2 Å². The molecular formula is C16H15NO4S. The monoisotopic (exact) mass is 317 g/mol. The summed E-state index contributed by atoms with van der Waals surface area (Å²) in [6, 6.07) is 10.8. The minimum absolute atomic E-state index is 0.168. The Labute approximate surface area is 131 Å². The van der Waals surface area contributed by atoms with E-state index in [0.717, 1.165) is 29.1 Å². The number of nitrogens with one attached hydrogen (secondary N) is 1. The number of benzene rings is 1. The third-order valence-electron chi connectivity index (χ3n) is 3.63. The van der Waals surface area contributed by atoms with Gasteiger partial charge in [0.2, 0.25) is 0 Å². The molecule has 1 aromatic carbocycles. The van der Waals surface area contributed by atoms with E-state index in [1.807, 2.05) is 24.3 Å². The molecule has 22 heavy (non-hydrogen) atoms. The second-order valence-electron chi connectivity index (χ2n) is 5.05. The maximum atomic E-state index is 12.1. The normalized spacial score (nSPS) is 16.5. The standard InChI is InChI=1S/C16H15NO4S/c18-15(13-5-6-14(22-13)16(19)20)17-9-10-7-8-21-12-4-2-1-3-11(10)12/h1-6,10H,7-9H2,(H,17,18)(H,19,20)/t10-/m1/s1. The number of carboxylic acid groups (broad SMARTS) is 1.